The molecule has 2 amide bonds. The number of likely N-dealkylation sites (tertiary alicyclic amines) is 1. The number of ether oxygens (including phenoxy) is 2. The minimum Gasteiger partial charge on any atom is -0.462 e. The second-order valence-corrected chi connectivity index (χ2v) is 7.17. The van der Waals surface area contributed by atoms with Crippen molar-refractivity contribution >= 4 is 29.8 Å². The van der Waals surface area contributed by atoms with E-state index < -0.39 is 29.8 Å². The molecule has 1 saturated heterocycles. The first kappa shape index (κ1) is 22.7. The third-order valence-corrected chi connectivity index (χ3v) is 4.98. The maximum atomic E-state index is 12.9. The fourth-order valence-electron chi connectivity index (χ4n) is 3.37. The van der Waals surface area contributed by atoms with Crippen molar-refractivity contribution in [3.8, 4) is 0 Å². The first-order chi connectivity index (χ1) is 15.5. The minimum atomic E-state index is -1.04. The molecule has 1 aliphatic rings. The molecule has 0 spiro atoms. The molecule has 2 aromatic carbocycles. The number of esters is 2. The van der Waals surface area contributed by atoms with Crippen LogP contribution in [0.3, 0.4) is 0 Å². The zero-order valence-electron chi connectivity index (χ0n) is 17.7. The molecule has 1 heterocycles. The number of rotatable bonds is 6. The van der Waals surface area contributed by atoms with Gasteiger partial charge in [0.2, 0.25) is 5.91 Å². The first-order valence-corrected chi connectivity index (χ1v) is 10.2. The molecule has 0 aromatic heterocycles. The van der Waals surface area contributed by atoms with Crippen LogP contribution in [-0.4, -0.2) is 48.3 Å². The predicted molar refractivity (Wildman–Crippen MR) is 116 cm³/mol. The van der Waals surface area contributed by atoms with Crippen LogP contribution in [0.1, 0.15) is 24.0 Å². The molecular formula is C24H24N2O6. The molecule has 0 unspecified atom stereocenters. The lowest BCUT2D eigenvalue weighted by Crippen LogP contribution is -2.48. The van der Waals surface area contributed by atoms with Crippen LogP contribution in [0.5, 0.6) is 0 Å². The highest BCUT2D eigenvalue weighted by Crippen LogP contribution is 2.19. The van der Waals surface area contributed by atoms with Gasteiger partial charge in [-0.05, 0) is 30.0 Å². The number of hydrogen-bond donors (Lipinski definition) is 1. The molecule has 2 aromatic rings. The summed E-state index contributed by atoms with van der Waals surface area (Å²) in [4.78, 5) is 50.7. The molecule has 1 N–H and O–H groups in total. The van der Waals surface area contributed by atoms with Gasteiger partial charge in [0.25, 0.3) is 0 Å². The molecule has 8 nitrogen and oxygen atoms in total. The van der Waals surface area contributed by atoms with Gasteiger partial charge in [-0.2, -0.15) is 0 Å². The van der Waals surface area contributed by atoms with Crippen LogP contribution < -0.4 is 5.32 Å². The molecule has 3 rings (SSSR count). The summed E-state index contributed by atoms with van der Waals surface area (Å²) in [6, 6.07) is 17.3. The number of nitrogens with zero attached hydrogens (tertiary/aromatic N) is 1. The van der Waals surface area contributed by atoms with Gasteiger partial charge in [-0.15, -0.1) is 0 Å². The zero-order valence-corrected chi connectivity index (χ0v) is 17.7. The maximum absolute atomic E-state index is 12.9. The zero-order chi connectivity index (χ0) is 22.9. The van der Waals surface area contributed by atoms with E-state index in [4.69, 9.17) is 4.74 Å². The van der Waals surface area contributed by atoms with E-state index in [-0.39, 0.29) is 18.8 Å². The van der Waals surface area contributed by atoms with E-state index in [9.17, 15) is 19.2 Å². The number of amides is 2. The third-order valence-electron chi connectivity index (χ3n) is 4.98. The van der Waals surface area contributed by atoms with E-state index in [1.807, 2.05) is 36.4 Å². The Morgan fingerprint density at radius 2 is 1.66 bits per heavy atom. The Labute approximate surface area is 185 Å². The van der Waals surface area contributed by atoms with E-state index >= 15 is 0 Å². The number of carbonyl (C=O) groups is 4. The van der Waals surface area contributed by atoms with Crippen LogP contribution >= 0.6 is 0 Å². The Balaban J connectivity index is 1.76. The smallest absolute Gasteiger partial charge is 0.396 e. The Morgan fingerprint density at radius 3 is 2.31 bits per heavy atom. The highest BCUT2D eigenvalue weighted by Gasteiger charge is 2.38. The maximum Gasteiger partial charge on any atom is 0.396 e. The molecule has 32 heavy (non-hydrogen) atoms. The Hall–Kier alpha value is -3.94. The Kier molecular flexibility index (Phi) is 7.75. The fraction of sp³-hybridized carbons (Fsp3) is 0.250. The third kappa shape index (κ3) is 5.81. The van der Waals surface area contributed by atoms with E-state index in [1.54, 1.807) is 24.3 Å². The summed E-state index contributed by atoms with van der Waals surface area (Å²) in [5, 5.41) is 2.59. The normalized spacial score (nSPS) is 15.7. The van der Waals surface area contributed by atoms with Crippen LogP contribution in [0.15, 0.2) is 66.4 Å². The minimum absolute atomic E-state index is 0.0397. The highest BCUT2D eigenvalue weighted by molar-refractivity contribution is 6.32. The average Bonchev–Trinajstić information content (AvgIpc) is 3.32. The molecular weight excluding hydrogens is 412 g/mol. The van der Waals surface area contributed by atoms with Gasteiger partial charge in [-0.3, -0.25) is 9.59 Å². The van der Waals surface area contributed by atoms with Crippen molar-refractivity contribution in [2.45, 2.75) is 25.5 Å². The summed E-state index contributed by atoms with van der Waals surface area (Å²) in [6.45, 7) is 0.292. The summed E-state index contributed by atoms with van der Waals surface area (Å²) in [5.74, 6) is -3.20. The van der Waals surface area contributed by atoms with Crippen molar-refractivity contribution in [1.29, 1.82) is 0 Å². The lowest BCUT2D eigenvalue weighted by atomic mass is 10.1. The summed E-state index contributed by atoms with van der Waals surface area (Å²) in [7, 11) is 1.11. The number of nitrogens with one attached hydrogen (secondary N) is 1. The SMILES string of the molecule is COC(=O)C(=O)N1CCC[C@H]1C(=O)N/C(=C/c1ccccc1)C(=O)OCc1ccccc1. The second kappa shape index (κ2) is 10.9. The molecule has 0 radical (unpaired) electrons. The van der Waals surface area contributed by atoms with Crippen LogP contribution in [0.4, 0.5) is 0 Å². The van der Waals surface area contributed by atoms with E-state index in [0.717, 1.165) is 17.6 Å². The van der Waals surface area contributed by atoms with Crippen LogP contribution in [-0.2, 0) is 35.3 Å². The van der Waals surface area contributed by atoms with Crippen molar-refractivity contribution in [3.63, 3.8) is 0 Å². The van der Waals surface area contributed by atoms with Crippen molar-refractivity contribution in [3.05, 3.63) is 77.5 Å². The van der Waals surface area contributed by atoms with Gasteiger partial charge in [0.05, 0.1) is 7.11 Å². The van der Waals surface area contributed by atoms with Gasteiger partial charge in [0.1, 0.15) is 18.3 Å². The topological polar surface area (TPSA) is 102 Å². The van der Waals surface area contributed by atoms with E-state index in [0.29, 0.717) is 18.4 Å². The molecule has 0 aliphatic carbocycles. The van der Waals surface area contributed by atoms with Crippen molar-refractivity contribution in [2.24, 2.45) is 0 Å². The quantitative estimate of drug-likeness (QED) is 0.423. The molecule has 8 heteroatoms. The molecule has 1 atom stereocenters. The van der Waals surface area contributed by atoms with E-state index in [2.05, 4.69) is 10.1 Å². The first-order valence-electron chi connectivity index (χ1n) is 10.2. The molecule has 1 fully saturated rings. The van der Waals surface area contributed by atoms with Crippen molar-refractivity contribution in [2.75, 3.05) is 13.7 Å². The number of hydrogen-bond acceptors (Lipinski definition) is 6. The van der Waals surface area contributed by atoms with Crippen LogP contribution in [0.2, 0.25) is 0 Å². The molecule has 166 valence electrons. The Morgan fingerprint density at radius 1 is 1.00 bits per heavy atom. The largest absolute Gasteiger partial charge is 0.462 e. The average molecular weight is 436 g/mol. The molecule has 0 bridgehead atoms. The van der Waals surface area contributed by atoms with Crippen LogP contribution in [0, 0.1) is 0 Å². The van der Waals surface area contributed by atoms with Gasteiger partial charge in [-0.25, -0.2) is 9.59 Å². The molecule has 1 aliphatic heterocycles. The summed E-state index contributed by atoms with van der Waals surface area (Å²) in [6.07, 6.45) is 2.43. The lowest BCUT2D eigenvalue weighted by Gasteiger charge is -2.23. The summed E-state index contributed by atoms with van der Waals surface area (Å²) < 4.78 is 9.86. The predicted octanol–water partition coefficient (Wildman–Crippen LogP) is 2.05. The summed E-state index contributed by atoms with van der Waals surface area (Å²) >= 11 is 0. The fourth-order valence-corrected chi connectivity index (χ4v) is 3.37. The number of carbonyl (C=O) groups excluding carboxylic acids is 4. The van der Waals surface area contributed by atoms with Gasteiger partial charge in [-0.1, -0.05) is 60.7 Å². The van der Waals surface area contributed by atoms with Gasteiger partial charge >= 0.3 is 17.8 Å². The molecule has 0 saturated carbocycles. The van der Waals surface area contributed by atoms with Gasteiger partial charge in [0.15, 0.2) is 0 Å². The van der Waals surface area contributed by atoms with Crippen LogP contribution in [0.25, 0.3) is 6.08 Å². The monoisotopic (exact) mass is 436 g/mol. The number of benzene rings is 2. The van der Waals surface area contributed by atoms with E-state index in [1.165, 1.54) is 6.08 Å². The number of methoxy groups -OCH3 is 1. The highest BCUT2D eigenvalue weighted by atomic mass is 16.5. The standard InChI is InChI=1S/C24H24N2O6/c1-31-24(30)22(28)26-14-8-13-20(26)21(27)25-19(15-17-9-4-2-5-10-17)23(29)32-16-18-11-6-3-7-12-18/h2-7,9-12,15,20H,8,13-14,16H2,1H3,(H,25,27)/b19-15+/t20-/m0/s1. The van der Waals surface area contributed by atoms with Gasteiger partial charge < -0.3 is 19.7 Å². The van der Waals surface area contributed by atoms with Crippen molar-refractivity contribution < 1.29 is 28.7 Å². The van der Waals surface area contributed by atoms with Crippen molar-refractivity contribution in [1.82, 2.24) is 10.2 Å². The van der Waals surface area contributed by atoms with Gasteiger partial charge in [0, 0.05) is 6.54 Å². The summed E-state index contributed by atoms with van der Waals surface area (Å²) in [5.41, 5.74) is 1.43. The Bertz CT molecular complexity index is 1000. The lowest BCUT2D eigenvalue weighted by molar-refractivity contribution is -0.159. The second-order valence-electron chi connectivity index (χ2n) is 7.17.